The first-order chi connectivity index (χ1) is 16.1. The first-order valence-electron chi connectivity index (χ1n) is 11.3. The van der Waals surface area contributed by atoms with Crippen LogP contribution in [0.15, 0.2) is 54.9 Å². The van der Waals surface area contributed by atoms with Crippen LogP contribution in [0.1, 0.15) is 34.8 Å². The standard InChI is InChI=1S/C21H25N2.C8H10O3.Au.H2/c1-14-9-16(3)20(17(4)10-14)22-7-8-23(13-22)21-18(5)11-15(2)12-19(21)6;1-10-7-3-6(9)4-8(5-7)11-2;;/h7-13H,1-6H3;3-5,9H,1-2H3;;1H/q;;+1;/p-1. The van der Waals surface area contributed by atoms with Crippen LogP contribution in [0.2, 0.25) is 0 Å². The normalized spacial score (nSPS) is 12.1. The van der Waals surface area contributed by atoms with E-state index in [0.29, 0.717) is 11.5 Å². The molecule has 0 N–H and O–H groups in total. The van der Waals surface area contributed by atoms with Gasteiger partial charge in [0.15, 0.2) is 6.67 Å². The molecule has 1 radical (unpaired) electrons. The Morgan fingerprint density at radius 1 is 0.600 bits per heavy atom. The molecule has 0 atom stereocenters. The molecular formula is C29H36AuN2O3. The van der Waals surface area contributed by atoms with Gasteiger partial charge in [-0.05, 0) is 75.9 Å². The van der Waals surface area contributed by atoms with Gasteiger partial charge in [-0.1, -0.05) is 35.4 Å². The zero-order valence-electron chi connectivity index (χ0n) is 21.7. The van der Waals surface area contributed by atoms with Gasteiger partial charge >= 0.3 is 22.4 Å². The van der Waals surface area contributed by atoms with Crippen molar-refractivity contribution in [2.24, 2.45) is 0 Å². The first-order valence-corrected chi connectivity index (χ1v) is 11.3. The van der Waals surface area contributed by atoms with Crippen molar-refractivity contribution in [2.45, 2.75) is 41.5 Å². The van der Waals surface area contributed by atoms with Crippen molar-refractivity contribution in [3.05, 3.63) is 94.9 Å². The molecule has 0 amide bonds. The van der Waals surface area contributed by atoms with E-state index < -0.39 is 0 Å². The van der Waals surface area contributed by atoms with E-state index in [4.69, 9.17) is 9.47 Å². The predicted octanol–water partition coefficient (Wildman–Crippen LogP) is 6.48. The van der Waals surface area contributed by atoms with Crippen LogP contribution in [0.25, 0.3) is 0 Å². The first kappa shape index (κ1) is 28.4. The summed E-state index contributed by atoms with van der Waals surface area (Å²) in [5.41, 5.74) is 10.4. The maximum absolute atomic E-state index is 10.9. The maximum atomic E-state index is 10.9. The van der Waals surface area contributed by atoms with Crippen LogP contribution in [-0.2, 0) is 22.4 Å². The average molecular weight is 658 g/mol. The number of hydrogen-bond donors (Lipinski definition) is 0. The molecule has 1 aliphatic rings. The molecule has 0 spiro atoms. The largest absolute Gasteiger partial charge is 1.00 e. The van der Waals surface area contributed by atoms with Gasteiger partial charge in [0.25, 0.3) is 0 Å². The summed E-state index contributed by atoms with van der Waals surface area (Å²) in [6.45, 7) is 15.2. The Balaban J connectivity index is 0.000000425. The van der Waals surface area contributed by atoms with Gasteiger partial charge in [0, 0.05) is 31.3 Å². The van der Waals surface area contributed by atoms with Gasteiger partial charge in [-0.15, -0.1) is 5.75 Å². The molecule has 3 aromatic carbocycles. The van der Waals surface area contributed by atoms with Gasteiger partial charge in [0.05, 0.1) is 14.2 Å². The van der Waals surface area contributed by atoms with E-state index in [0.717, 1.165) is 0 Å². The summed E-state index contributed by atoms with van der Waals surface area (Å²) in [6.07, 6.45) is 4.28. The van der Waals surface area contributed by atoms with Crippen LogP contribution in [0.4, 0.5) is 11.4 Å². The van der Waals surface area contributed by atoms with E-state index in [-0.39, 0.29) is 29.6 Å². The molecule has 6 heteroatoms. The predicted molar refractivity (Wildman–Crippen MR) is 141 cm³/mol. The number of methoxy groups -OCH3 is 2. The van der Waals surface area contributed by atoms with Crippen LogP contribution in [0.3, 0.4) is 0 Å². The van der Waals surface area contributed by atoms with Crippen LogP contribution < -0.4 is 24.4 Å². The molecule has 0 fully saturated rings. The average Bonchev–Trinajstić information content (AvgIpc) is 3.21. The third-order valence-electron chi connectivity index (χ3n) is 5.75. The van der Waals surface area contributed by atoms with E-state index in [2.05, 4.69) is 94.7 Å². The quantitative estimate of drug-likeness (QED) is 0.301. The van der Waals surface area contributed by atoms with E-state index in [9.17, 15) is 5.11 Å². The topological polar surface area (TPSA) is 48.0 Å². The third-order valence-corrected chi connectivity index (χ3v) is 5.75. The summed E-state index contributed by atoms with van der Waals surface area (Å²) < 4.78 is 9.72. The Labute approximate surface area is 227 Å². The molecule has 0 unspecified atom stereocenters. The Morgan fingerprint density at radius 3 is 1.26 bits per heavy atom. The second-order valence-electron chi connectivity index (χ2n) is 8.77. The molecule has 35 heavy (non-hydrogen) atoms. The molecule has 0 aliphatic carbocycles. The molecule has 5 nitrogen and oxygen atoms in total. The fourth-order valence-electron chi connectivity index (χ4n) is 4.56. The second kappa shape index (κ2) is 12.2. The van der Waals surface area contributed by atoms with Crippen LogP contribution in [-0.4, -0.2) is 14.2 Å². The van der Waals surface area contributed by atoms with Crippen molar-refractivity contribution >= 4 is 11.4 Å². The Kier molecular flexibility index (Phi) is 9.90. The summed E-state index contributed by atoms with van der Waals surface area (Å²) in [6, 6.07) is 13.4. The van der Waals surface area contributed by atoms with Crippen molar-refractivity contribution in [1.29, 1.82) is 0 Å². The van der Waals surface area contributed by atoms with Crippen molar-refractivity contribution in [2.75, 3.05) is 24.0 Å². The SMILES string of the molecule is COc1cc([O-])cc(OC)c1.Cc1cc(C)c(N2[CH]N(c3c(C)cc(C)cc3C)C=C2)c(C)c1.[Au+].[HH]. The minimum Gasteiger partial charge on any atom is -0.872 e. The Bertz CT molecular complexity index is 1080. The molecular weight excluding hydrogens is 621 g/mol. The minimum absolute atomic E-state index is 0. The molecule has 3 aromatic rings. The van der Waals surface area contributed by atoms with Gasteiger partial charge in [-0.25, -0.2) is 0 Å². The third kappa shape index (κ3) is 6.85. The summed E-state index contributed by atoms with van der Waals surface area (Å²) in [7, 11) is 3.02. The van der Waals surface area contributed by atoms with E-state index in [1.54, 1.807) is 6.07 Å². The number of anilines is 2. The van der Waals surface area contributed by atoms with Gasteiger partial charge in [0.1, 0.15) is 11.5 Å². The Hall–Kier alpha value is -2.86. The Morgan fingerprint density at radius 2 is 0.943 bits per heavy atom. The molecule has 0 saturated heterocycles. The summed E-state index contributed by atoms with van der Waals surface area (Å²) >= 11 is 0. The summed E-state index contributed by atoms with van der Waals surface area (Å²) in [5, 5.41) is 10.9. The molecule has 4 rings (SSSR count). The molecule has 1 heterocycles. The van der Waals surface area contributed by atoms with Crippen LogP contribution >= 0.6 is 0 Å². The molecule has 0 bridgehead atoms. The monoisotopic (exact) mass is 657 g/mol. The van der Waals surface area contributed by atoms with Crippen molar-refractivity contribution in [3.63, 3.8) is 0 Å². The smallest absolute Gasteiger partial charge is 0.872 e. The number of ether oxygens (including phenoxy) is 2. The van der Waals surface area contributed by atoms with Crippen LogP contribution in [0, 0.1) is 48.2 Å². The van der Waals surface area contributed by atoms with Crippen molar-refractivity contribution < 1.29 is 38.4 Å². The number of aryl methyl sites for hydroxylation is 6. The van der Waals surface area contributed by atoms with Gasteiger partial charge in [0.2, 0.25) is 0 Å². The van der Waals surface area contributed by atoms with Crippen LogP contribution in [0.5, 0.6) is 17.2 Å². The van der Waals surface area contributed by atoms with E-state index in [1.165, 1.54) is 71.1 Å². The minimum atomic E-state index is -0.110. The zero-order valence-corrected chi connectivity index (χ0v) is 23.9. The van der Waals surface area contributed by atoms with E-state index in [1.807, 2.05) is 0 Å². The second-order valence-corrected chi connectivity index (χ2v) is 8.77. The molecule has 0 saturated carbocycles. The van der Waals surface area contributed by atoms with Crippen molar-refractivity contribution in [3.8, 4) is 17.2 Å². The fraction of sp³-hybridized carbons (Fsp3) is 0.276. The molecule has 0 aromatic heterocycles. The van der Waals surface area contributed by atoms with Gasteiger partial charge < -0.3 is 24.4 Å². The van der Waals surface area contributed by atoms with Crippen molar-refractivity contribution in [1.82, 2.24) is 0 Å². The summed E-state index contributed by atoms with van der Waals surface area (Å²) in [5.74, 6) is 0.935. The molecule has 1 aliphatic heterocycles. The van der Waals surface area contributed by atoms with Gasteiger partial charge in [-0.3, -0.25) is 0 Å². The number of nitrogens with zero attached hydrogens (tertiary/aromatic N) is 2. The number of hydrogen-bond acceptors (Lipinski definition) is 5. The summed E-state index contributed by atoms with van der Waals surface area (Å²) in [4.78, 5) is 4.45. The number of benzene rings is 3. The number of rotatable bonds is 4. The zero-order chi connectivity index (χ0) is 25.0. The molecule has 191 valence electrons. The maximum Gasteiger partial charge on any atom is 1.00 e. The van der Waals surface area contributed by atoms with E-state index >= 15 is 0 Å². The van der Waals surface area contributed by atoms with Gasteiger partial charge in [-0.2, -0.15) is 0 Å². The fourth-order valence-corrected chi connectivity index (χ4v) is 4.56.